The van der Waals surface area contributed by atoms with Gasteiger partial charge in [-0.05, 0) is 102 Å². The molecule has 0 aliphatic heterocycles. The number of nitrogens with one attached hydrogen (secondary N) is 2. The van der Waals surface area contributed by atoms with Gasteiger partial charge in [-0.1, -0.05) is 48.5 Å². The molecule has 0 saturated carbocycles. The molecule has 8 heteroatoms. The molecule has 2 N–H and O–H groups in total. The summed E-state index contributed by atoms with van der Waals surface area (Å²) in [6, 6.07) is 20.2. The van der Waals surface area contributed by atoms with E-state index in [1.165, 1.54) is 0 Å². The lowest BCUT2D eigenvalue weighted by molar-refractivity contribution is -0.146. The fraction of sp³-hybridized carbons (Fsp3) is 0.400. The monoisotopic (exact) mass is 587 g/mol. The highest BCUT2D eigenvalue weighted by Crippen LogP contribution is 2.34. The van der Waals surface area contributed by atoms with Crippen LogP contribution in [0.25, 0.3) is 0 Å². The molecule has 3 rings (SSSR count). The molecule has 43 heavy (non-hydrogen) atoms. The van der Waals surface area contributed by atoms with Crippen LogP contribution in [0.15, 0.2) is 72.8 Å². The van der Waals surface area contributed by atoms with Crippen molar-refractivity contribution in [2.24, 2.45) is 0 Å². The first-order valence-electron chi connectivity index (χ1n) is 14.5. The fourth-order valence-electron chi connectivity index (χ4n) is 4.87. The summed E-state index contributed by atoms with van der Waals surface area (Å²) in [7, 11) is 1.58. The van der Waals surface area contributed by atoms with Gasteiger partial charge in [-0.25, -0.2) is 4.79 Å². The summed E-state index contributed by atoms with van der Waals surface area (Å²) in [6.45, 7) is 14.9. The third-order valence-electron chi connectivity index (χ3n) is 7.04. The van der Waals surface area contributed by atoms with Crippen LogP contribution < -0.4 is 15.4 Å². The molecule has 0 aliphatic rings. The third kappa shape index (κ3) is 9.08. The van der Waals surface area contributed by atoms with Crippen LogP contribution in [-0.2, 0) is 20.7 Å². The highest BCUT2D eigenvalue weighted by Gasteiger charge is 2.42. The van der Waals surface area contributed by atoms with Crippen molar-refractivity contribution in [3.05, 3.63) is 95.1 Å². The van der Waals surface area contributed by atoms with Crippen molar-refractivity contribution in [3.63, 3.8) is 0 Å². The average molecular weight is 588 g/mol. The molecule has 0 spiro atoms. The van der Waals surface area contributed by atoms with E-state index in [0.29, 0.717) is 17.0 Å². The maximum atomic E-state index is 14.7. The summed E-state index contributed by atoms with van der Waals surface area (Å²) in [4.78, 5) is 43.6. The smallest absolute Gasteiger partial charge is 0.408 e. The van der Waals surface area contributed by atoms with Crippen molar-refractivity contribution < 1.29 is 23.9 Å². The Morgan fingerprint density at radius 3 is 2.02 bits per heavy atom. The summed E-state index contributed by atoms with van der Waals surface area (Å²) < 4.78 is 10.8. The number of alkyl carbamates (subject to hydrolysis) is 1. The predicted molar refractivity (Wildman–Crippen MR) is 170 cm³/mol. The van der Waals surface area contributed by atoms with Gasteiger partial charge >= 0.3 is 6.09 Å². The topological polar surface area (TPSA) is 97.0 Å². The van der Waals surface area contributed by atoms with Crippen LogP contribution in [0.4, 0.5) is 10.5 Å². The van der Waals surface area contributed by atoms with Crippen LogP contribution in [-0.4, -0.2) is 47.1 Å². The Bertz CT molecular complexity index is 1410. The van der Waals surface area contributed by atoms with E-state index in [-0.39, 0.29) is 12.3 Å². The van der Waals surface area contributed by atoms with Crippen LogP contribution in [0.1, 0.15) is 69.8 Å². The molecular formula is C35H45N3O5. The lowest BCUT2D eigenvalue weighted by atomic mass is 9.90. The first-order chi connectivity index (χ1) is 20.1. The van der Waals surface area contributed by atoms with Gasteiger partial charge in [-0.3, -0.25) is 9.59 Å². The summed E-state index contributed by atoms with van der Waals surface area (Å²) in [5, 5.41) is 5.82. The molecule has 8 nitrogen and oxygen atoms in total. The quantitative estimate of drug-likeness (QED) is 0.289. The van der Waals surface area contributed by atoms with Crippen molar-refractivity contribution in [1.29, 1.82) is 0 Å². The van der Waals surface area contributed by atoms with Crippen LogP contribution in [0.5, 0.6) is 5.75 Å². The summed E-state index contributed by atoms with van der Waals surface area (Å²) >= 11 is 0. The number of nitrogens with zero attached hydrogens (tertiary/aromatic N) is 1. The Labute approximate surface area is 255 Å². The molecule has 0 aliphatic carbocycles. The minimum Gasteiger partial charge on any atom is -0.497 e. The zero-order valence-electron chi connectivity index (χ0n) is 26.8. The fourth-order valence-corrected chi connectivity index (χ4v) is 4.87. The number of methoxy groups -OCH3 is 1. The van der Waals surface area contributed by atoms with E-state index in [1.807, 2.05) is 83.1 Å². The van der Waals surface area contributed by atoms with Gasteiger partial charge in [0, 0.05) is 17.6 Å². The number of rotatable bonds is 9. The second-order valence-electron chi connectivity index (χ2n) is 12.7. The van der Waals surface area contributed by atoms with Crippen LogP contribution in [0.3, 0.4) is 0 Å². The SMILES string of the molecule is COc1ccc(NC(=O)C(c2cccc(C)c2C)N(C(=O)C(Cc2ccccc2)NC(=O)OC(C)(C)C)C(C)(C)C)cc1. The number of hydrogen-bond acceptors (Lipinski definition) is 5. The van der Waals surface area contributed by atoms with Gasteiger partial charge in [0.05, 0.1) is 7.11 Å². The molecule has 0 saturated heterocycles. The van der Waals surface area contributed by atoms with Gasteiger partial charge in [0.25, 0.3) is 5.91 Å². The van der Waals surface area contributed by atoms with E-state index >= 15 is 0 Å². The Balaban J connectivity index is 2.13. The molecular weight excluding hydrogens is 542 g/mol. The van der Waals surface area contributed by atoms with Gasteiger partial charge in [0.2, 0.25) is 5.91 Å². The number of carbonyl (C=O) groups excluding carboxylic acids is 3. The van der Waals surface area contributed by atoms with E-state index in [4.69, 9.17) is 9.47 Å². The average Bonchev–Trinajstić information content (AvgIpc) is 2.92. The second-order valence-corrected chi connectivity index (χ2v) is 12.7. The molecule has 0 heterocycles. The maximum absolute atomic E-state index is 14.7. The molecule has 2 atom stereocenters. The molecule has 0 aromatic heterocycles. The molecule has 0 fully saturated rings. The van der Waals surface area contributed by atoms with E-state index in [2.05, 4.69) is 10.6 Å². The van der Waals surface area contributed by atoms with Crippen LogP contribution >= 0.6 is 0 Å². The highest BCUT2D eigenvalue weighted by molar-refractivity contribution is 5.99. The van der Waals surface area contributed by atoms with Gasteiger partial charge in [0.1, 0.15) is 23.4 Å². The summed E-state index contributed by atoms with van der Waals surface area (Å²) in [6.07, 6.45) is -0.493. The lowest BCUT2D eigenvalue weighted by Crippen LogP contribution is -2.58. The molecule has 3 amide bonds. The van der Waals surface area contributed by atoms with E-state index in [0.717, 1.165) is 16.7 Å². The van der Waals surface area contributed by atoms with Gasteiger partial charge in [-0.15, -0.1) is 0 Å². The number of carbonyl (C=O) groups is 3. The van der Waals surface area contributed by atoms with Crippen molar-refractivity contribution >= 4 is 23.6 Å². The van der Waals surface area contributed by atoms with Crippen LogP contribution in [0.2, 0.25) is 0 Å². The molecule has 0 bridgehead atoms. The number of anilines is 1. The van der Waals surface area contributed by atoms with E-state index in [1.54, 1.807) is 57.0 Å². The molecule has 230 valence electrons. The highest BCUT2D eigenvalue weighted by atomic mass is 16.6. The predicted octanol–water partition coefficient (Wildman–Crippen LogP) is 6.75. The largest absolute Gasteiger partial charge is 0.497 e. The minimum absolute atomic E-state index is 0.213. The Kier molecular flexibility index (Phi) is 10.6. The molecule has 2 unspecified atom stereocenters. The number of hydrogen-bond donors (Lipinski definition) is 2. The lowest BCUT2D eigenvalue weighted by Gasteiger charge is -2.43. The van der Waals surface area contributed by atoms with Gasteiger partial charge < -0.3 is 25.0 Å². The minimum atomic E-state index is -1.01. The number of amides is 3. The number of aryl methyl sites for hydroxylation is 1. The van der Waals surface area contributed by atoms with Crippen molar-refractivity contribution in [2.45, 2.75) is 85.0 Å². The summed E-state index contributed by atoms with van der Waals surface area (Å²) in [5.41, 5.74) is 2.44. The standard InChI is InChI=1S/C35H45N3O5/c1-23-14-13-17-28(24(23)2)30(31(39)36-26-18-20-27(42-9)21-19-26)38(34(3,4)5)32(40)29(22-25-15-11-10-12-16-25)37-33(41)43-35(6,7)8/h10-21,29-30H,22H2,1-9H3,(H,36,39)(H,37,41). The second kappa shape index (κ2) is 13.8. The first-order valence-corrected chi connectivity index (χ1v) is 14.5. The van der Waals surface area contributed by atoms with E-state index in [9.17, 15) is 14.4 Å². The van der Waals surface area contributed by atoms with Crippen molar-refractivity contribution in [3.8, 4) is 5.75 Å². The molecule has 3 aromatic rings. The Hall–Kier alpha value is -4.33. The number of ether oxygens (including phenoxy) is 2. The zero-order valence-corrected chi connectivity index (χ0v) is 26.8. The normalized spacial score (nSPS) is 13.0. The summed E-state index contributed by atoms with van der Waals surface area (Å²) in [5.74, 6) is -0.122. The van der Waals surface area contributed by atoms with Crippen molar-refractivity contribution in [1.82, 2.24) is 10.2 Å². The van der Waals surface area contributed by atoms with Crippen LogP contribution in [0, 0.1) is 13.8 Å². The third-order valence-corrected chi connectivity index (χ3v) is 7.04. The Morgan fingerprint density at radius 2 is 1.47 bits per heavy atom. The number of benzene rings is 3. The Morgan fingerprint density at radius 1 is 0.837 bits per heavy atom. The molecule has 3 aromatic carbocycles. The molecule has 0 radical (unpaired) electrons. The first kappa shape index (κ1) is 33.2. The maximum Gasteiger partial charge on any atom is 0.408 e. The van der Waals surface area contributed by atoms with Gasteiger partial charge in [0.15, 0.2) is 0 Å². The van der Waals surface area contributed by atoms with E-state index < -0.39 is 35.2 Å². The zero-order chi connectivity index (χ0) is 31.9. The van der Waals surface area contributed by atoms with Gasteiger partial charge in [-0.2, -0.15) is 0 Å². The van der Waals surface area contributed by atoms with Crippen molar-refractivity contribution in [2.75, 3.05) is 12.4 Å².